The van der Waals surface area contributed by atoms with Gasteiger partial charge in [-0.25, -0.2) is 0 Å². The van der Waals surface area contributed by atoms with Gasteiger partial charge in [-0.3, -0.25) is 9.69 Å². The molecule has 1 amide bonds. The van der Waals surface area contributed by atoms with Gasteiger partial charge in [-0.2, -0.15) is 0 Å². The predicted molar refractivity (Wildman–Crippen MR) is 178 cm³/mol. The van der Waals surface area contributed by atoms with E-state index in [2.05, 4.69) is 57.6 Å². The number of anilines is 1. The van der Waals surface area contributed by atoms with Gasteiger partial charge in [0.2, 0.25) is 5.75 Å². The zero-order chi connectivity index (χ0) is 31.6. The number of nitrogens with zero attached hydrogens (tertiary/aromatic N) is 2. The van der Waals surface area contributed by atoms with Crippen molar-refractivity contribution in [2.45, 2.75) is 12.5 Å². The lowest BCUT2D eigenvalue weighted by Gasteiger charge is -2.39. The first-order valence-electron chi connectivity index (χ1n) is 15.1. The van der Waals surface area contributed by atoms with Crippen LogP contribution >= 0.6 is 11.6 Å². The molecule has 0 spiro atoms. The van der Waals surface area contributed by atoms with Crippen LogP contribution in [0.3, 0.4) is 0 Å². The van der Waals surface area contributed by atoms with Crippen LogP contribution < -0.4 is 24.3 Å². The van der Waals surface area contributed by atoms with E-state index in [9.17, 15) is 4.79 Å². The standard InChI is InChI=1S/C36H40ClN3O5/c1-42-32-24-29(25-33(43-2)35(32)44-3)38-36(41)30-12-7-8-13-31(30)45-23-9-18-39-19-21-40(22-20-39)34(26-10-5-4-6-11-26)27-14-16-28(37)17-15-27/h4-8,10-17,24-25,34H,9,18-23H2,1-3H3,(H,38,41). The minimum Gasteiger partial charge on any atom is -0.493 e. The summed E-state index contributed by atoms with van der Waals surface area (Å²) in [6, 6.07) is 29.7. The molecule has 1 N–H and O–H groups in total. The first kappa shape index (κ1) is 32.2. The zero-order valence-electron chi connectivity index (χ0n) is 26.0. The Morgan fingerprint density at radius 2 is 1.40 bits per heavy atom. The zero-order valence-corrected chi connectivity index (χ0v) is 26.8. The van der Waals surface area contributed by atoms with Crippen LogP contribution in [0, 0.1) is 0 Å². The van der Waals surface area contributed by atoms with E-state index in [4.69, 9.17) is 30.5 Å². The number of methoxy groups -OCH3 is 3. The molecule has 1 unspecified atom stereocenters. The molecule has 0 radical (unpaired) electrons. The monoisotopic (exact) mass is 629 g/mol. The first-order chi connectivity index (χ1) is 22.0. The number of amides is 1. The number of nitrogens with one attached hydrogen (secondary N) is 1. The van der Waals surface area contributed by atoms with Crippen molar-refractivity contribution in [1.82, 2.24) is 9.80 Å². The van der Waals surface area contributed by atoms with Gasteiger partial charge in [0.15, 0.2) is 11.5 Å². The van der Waals surface area contributed by atoms with Gasteiger partial charge < -0.3 is 29.2 Å². The average Bonchev–Trinajstić information content (AvgIpc) is 3.08. The Morgan fingerprint density at radius 3 is 2.04 bits per heavy atom. The molecule has 0 bridgehead atoms. The molecule has 4 aromatic rings. The van der Waals surface area contributed by atoms with Gasteiger partial charge in [0.1, 0.15) is 5.75 Å². The largest absolute Gasteiger partial charge is 0.493 e. The van der Waals surface area contributed by atoms with Gasteiger partial charge in [0.05, 0.1) is 39.5 Å². The number of ether oxygens (including phenoxy) is 4. The topological polar surface area (TPSA) is 72.5 Å². The molecule has 9 heteroatoms. The van der Waals surface area contributed by atoms with Crippen molar-refractivity contribution >= 4 is 23.2 Å². The maximum atomic E-state index is 13.3. The second kappa shape index (κ2) is 15.7. The third kappa shape index (κ3) is 8.08. The lowest BCUT2D eigenvalue weighted by Crippen LogP contribution is -2.48. The molecule has 1 heterocycles. The van der Waals surface area contributed by atoms with Gasteiger partial charge in [-0.1, -0.05) is 66.2 Å². The average molecular weight is 630 g/mol. The van der Waals surface area contributed by atoms with E-state index in [1.807, 2.05) is 30.3 Å². The first-order valence-corrected chi connectivity index (χ1v) is 15.5. The van der Waals surface area contributed by atoms with E-state index in [1.165, 1.54) is 32.5 Å². The molecule has 1 saturated heterocycles. The highest BCUT2D eigenvalue weighted by atomic mass is 35.5. The van der Waals surface area contributed by atoms with Crippen molar-refractivity contribution in [3.05, 3.63) is 113 Å². The number of hydrogen-bond acceptors (Lipinski definition) is 7. The molecule has 0 aliphatic carbocycles. The van der Waals surface area contributed by atoms with E-state index in [0.717, 1.165) is 44.2 Å². The molecule has 1 aliphatic heterocycles. The van der Waals surface area contributed by atoms with Gasteiger partial charge in [-0.15, -0.1) is 0 Å². The fourth-order valence-corrected chi connectivity index (χ4v) is 5.87. The highest BCUT2D eigenvalue weighted by Gasteiger charge is 2.26. The maximum absolute atomic E-state index is 13.3. The number of piperazine rings is 1. The second-order valence-corrected chi connectivity index (χ2v) is 11.2. The molecule has 5 rings (SSSR count). The van der Waals surface area contributed by atoms with Crippen molar-refractivity contribution < 1.29 is 23.7 Å². The van der Waals surface area contributed by atoms with Crippen LogP contribution in [0.25, 0.3) is 0 Å². The van der Waals surface area contributed by atoms with E-state index in [-0.39, 0.29) is 11.9 Å². The molecule has 1 fully saturated rings. The SMILES string of the molecule is COc1cc(NC(=O)c2ccccc2OCCCN2CCN(C(c3ccccc3)c3ccc(Cl)cc3)CC2)cc(OC)c1OC. The smallest absolute Gasteiger partial charge is 0.259 e. The molecule has 0 saturated carbocycles. The Kier molecular flexibility index (Phi) is 11.2. The summed E-state index contributed by atoms with van der Waals surface area (Å²) in [5.41, 5.74) is 3.51. The van der Waals surface area contributed by atoms with Crippen LogP contribution in [0.15, 0.2) is 91.0 Å². The normalized spacial score (nSPS) is 14.4. The molecular weight excluding hydrogens is 590 g/mol. The van der Waals surface area contributed by atoms with E-state index >= 15 is 0 Å². The number of carbonyl (C=O) groups excluding carboxylic acids is 1. The van der Waals surface area contributed by atoms with Gasteiger partial charge >= 0.3 is 0 Å². The van der Waals surface area contributed by atoms with Crippen LogP contribution in [-0.2, 0) is 0 Å². The minimum absolute atomic E-state index is 0.191. The summed E-state index contributed by atoms with van der Waals surface area (Å²) < 4.78 is 22.3. The fraction of sp³-hybridized carbons (Fsp3) is 0.306. The summed E-state index contributed by atoms with van der Waals surface area (Å²) in [5.74, 6) is 1.63. The van der Waals surface area contributed by atoms with Crippen LogP contribution in [0.2, 0.25) is 5.02 Å². The second-order valence-electron chi connectivity index (χ2n) is 10.8. The molecule has 1 aliphatic rings. The summed E-state index contributed by atoms with van der Waals surface area (Å²) >= 11 is 6.19. The minimum atomic E-state index is -0.287. The number of benzene rings is 4. The Hall–Kier alpha value is -4.24. The summed E-state index contributed by atoms with van der Waals surface area (Å²) in [4.78, 5) is 18.3. The van der Waals surface area contributed by atoms with Crippen LogP contribution in [0.1, 0.15) is 33.9 Å². The Morgan fingerprint density at radius 1 is 0.778 bits per heavy atom. The summed E-state index contributed by atoms with van der Waals surface area (Å²) in [7, 11) is 4.61. The van der Waals surface area contributed by atoms with Gasteiger partial charge in [-0.05, 0) is 41.8 Å². The van der Waals surface area contributed by atoms with E-state index < -0.39 is 0 Å². The molecule has 1 atom stereocenters. The van der Waals surface area contributed by atoms with Crippen molar-refractivity contribution in [3.8, 4) is 23.0 Å². The highest BCUT2D eigenvalue weighted by Crippen LogP contribution is 2.40. The molecule has 4 aromatic carbocycles. The number of rotatable bonds is 13. The Bertz CT molecular complexity index is 1520. The van der Waals surface area contributed by atoms with Gasteiger partial charge in [0.25, 0.3) is 5.91 Å². The summed E-state index contributed by atoms with van der Waals surface area (Å²) in [6.07, 6.45) is 0.849. The van der Waals surface area contributed by atoms with Crippen molar-refractivity contribution in [2.24, 2.45) is 0 Å². The van der Waals surface area contributed by atoms with Crippen LogP contribution in [-0.4, -0.2) is 76.4 Å². The Labute approximate surface area is 270 Å². The Balaban J connectivity index is 1.14. The van der Waals surface area contributed by atoms with Crippen molar-refractivity contribution in [2.75, 3.05) is 66.0 Å². The van der Waals surface area contributed by atoms with Gasteiger partial charge in [0, 0.05) is 55.6 Å². The molecule has 0 aromatic heterocycles. The molecule has 45 heavy (non-hydrogen) atoms. The molecular formula is C36H40ClN3O5. The number of carbonyl (C=O) groups is 1. The summed E-state index contributed by atoms with van der Waals surface area (Å²) in [6.45, 7) is 5.31. The third-order valence-electron chi connectivity index (χ3n) is 8.00. The van der Waals surface area contributed by atoms with E-state index in [0.29, 0.717) is 40.9 Å². The maximum Gasteiger partial charge on any atom is 0.259 e. The lowest BCUT2D eigenvalue weighted by molar-refractivity contribution is 0.101. The quantitative estimate of drug-likeness (QED) is 0.163. The lowest BCUT2D eigenvalue weighted by atomic mass is 9.96. The van der Waals surface area contributed by atoms with E-state index in [1.54, 1.807) is 18.2 Å². The number of halogens is 1. The fourth-order valence-electron chi connectivity index (χ4n) is 5.74. The van der Waals surface area contributed by atoms with Crippen LogP contribution in [0.4, 0.5) is 5.69 Å². The highest BCUT2D eigenvalue weighted by molar-refractivity contribution is 6.30. The van der Waals surface area contributed by atoms with Crippen molar-refractivity contribution in [1.29, 1.82) is 0 Å². The van der Waals surface area contributed by atoms with Crippen LogP contribution in [0.5, 0.6) is 23.0 Å². The molecule has 8 nitrogen and oxygen atoms in total. The predicted octanol–water partition coefficient (Wildman–Crippen LogP) is 6.79. The summed E-state index contributed by atoms with van der Waals surface area (Å²) in [5, 5.41) is 3.68. The number of para-hydroxylation sites is 1. The third-order valence-corrected chi connectivity index (χ3v) is 8.26. The van der Waals surface area contributed by atoms with Crippen molar-refractivity contribution in [3.63, 3.8) is 0 Å². The molecule has 236 valence electrons. The number of hydrogen-bond donors (Lipinski definition) is 1.